The summed E-state index contributed by atoms with van der Waals surface area (Å²) in [5.74, 6) is 1.56. The van der Waals surface area contributed by atoms with Crippen LogP contribution in [-0.4, -0.2) is 53.5 Å². The molecule has 216 valence electrons. The average Bonchev–Trinajstić information content (AvgIpc) is 3.39. The third kappa shape index (κ3) is 5.29. The summed E-state index contributed by atoms with van der Waals surface area (Å²) >= 11 is 0. The van der Waals surface area contributed by atoms with E-state index in [1.165, 1.54) is 31.0 Å². The number of aromatic nitrogens is 2. The Bertz CT molecular complexity index is 1540. The van der Waals surface area contributed by atoms with Crippen LogP contribution in [0.2, 0.25) is 0 Å². The van der Waals surface area contributed by atoms with Crippen LogP contribution in [0.15, 0.2) is 113 Å². The fraction of sp³-hybridized carbons (Fsp3) is 0.273. The highest BCUT2D eigenvalue weighted by Crippen LogP contribution is 2.49. The molecule has 0 aliphatic carbocycles. The van der Waals surface area contributed by atoms with Crippen molar-refractivity contribution in [3.63, 3.8) is 0 Å². The maximum atomic E-state index is 12.2. The van der Waals surface area contributed by atoms with Gasteiger partial charge in [0.2, 0.25) is 0 Å². The number of nitrogens with one attached hydrogen (secondary N) is 1. The largest absolute Gasteiger partial charge is 0.444 e. The van der Waals surface area contributed by atoms with Crippen molar-refractivity contribution in [3.8, 4) is 12.0 Å². The van der Waals surface area contributed by atoms with Gasteiger partial charge in [0.05, 0.1) is 6.10 Å². The highest BCUT2D eigenvalue weighted by atomic mass is 16.7. The second kappa shape index (κ2) is 12.6. The van der Waals surface area contributed by atoms with Crippen molar-refractivity contribution < 1.29 is 24.1 Å². The molecule has 0 amide bonds. The maximum absolute atomic E-state index is 12.2. The zero-order valence-electron chi connectivity index (χ0n) is 23.3. The van der Waals surface area contributed by atoms with Gasteiger partial charge in [-0.05, 0) is 16.7 Å². The van der Waals surface area contributed by atoms with Gasteiger partial charge < -0.3 is 24.1 Å². The number of ether oxygens (including phenoxy) is 4. The average molecular weight is 569 g/mol. The van der Waals surface area contributed by atoms with Crippen molar-refractivity contribution in [1.82, 2.24) is 9.55 Å². The van der Waals surface area contributed by atoms with Crippen LogP contribution in [0.25, 0.3) is 0 Å². The van der Waals surface area contributed by atoms with Crippen molar-refractivity contribution in [3.05, 3.63) is 141 Å². The molecule has 1 aliphatic rings. The van der Waals surface area contributed by atoms with Crippen LogP contribution in [0.3, 0.4) is 0 Å². The molecule has 1 saturated heterocycles. The Balaban J connectivity index is 1.50. The lowest BCUT2D eigenvalue weighted by Crippen LogP contribution is -2.55. The predicted molar refractivity (Wildman–Crippen MR) is 156 cm³/mol. The first-order chi connectivity index (χ1) is 20.4. The summed E-state index contributed by atoms with van der Waals surface area (Å²) in [7, 11) is 3.08. The molecule has 4 aromatic rings. The predicted octanol–water partition coefficient (Wildman–Crippen LogP) is 3.19. The molecule has 1 unspecified atom stereocenters. The standard InChI is InChI=1S/C33H32N2O7/c1-39-32(40-2,19-21-41-23-28-27(36)22-30(42-28)35-20-18-29(37)34-31(35)38)33(24-12-6-3-7-13-24,25-14-8-4-9-15-25)26-16-10-5-11-17-26/h3-18,20,27-28,30,36H,22-23H2,1-2H3,(H,34,37,38)/t27?,28-,30-/m0/s1. The van der Waals surface area contributed by atoms with Crippen LogP contribution in [0.1, 0.15) is 29.3 Å². The monoisotopic (exact) mass is 568 g/mol. The van der Waals surface area contributed by atoms with Crippen molar-refractivity contribution in [1.29, 1.82) is 0 Å². The van der Waals surface area contributed by atoms with E-state index >= 15 is 0 Å². The number of aliphatic hydroxyl groups is 1. The summed E-state index contributed by atoms with van der Waals surface area (Å²) < 4.78 is 25.2. The molecule has 1 aromatic heterocycles. The first kappa shape index (κ1) is 29.0. The third-order valence-corrected chi connectivity index (χ3v) is 7.59. The van der Waals surface area contributed by atoms with Gasteiger partial charge in [-0.15, -0.1) is 0 Å². The first-order valence-electron chi connectivity index (χ1n) is 13.5. The van der Waals surface area contributed by atoms with E-state index in [-0.39, 0.29) is 13.0 Å². The summed E-state index contributed by atoms with van der Waals surface area (Å²) in [5, 5.41) is 10.6. The molecule has 2 N–H and O–H groups in total. The number of benzene rings is 3. The molecule has 5 rings (SSSR count). The van der Waals surface area contributed by atoms with Crippen LogP contribution >= 0.6 is 0 Å². The molecule has 42 heavy (non-hydrogen) atoms. The zero-order valence-corrected chi connectivity index (χ0v) is 23.3. The summed E-state index contributed by atoms with van der Waals surface area (Å²) in [4.78, 5) is 25.8. The summed E-state index contributed by atoms with van der Waals surface area (Å²) in [6.07, 6.45) is 1.81. The van der Waals surface area contributed by atoms with Crippen LogP contribution in [-0.2, 0) is 24.4 Å². The lowest BCUT2D eigenvalue weighted by molar-refractivity contribution is -0.191. The van der Waals surface area contributed by atoms with E-state index in [0.717, 1.165) is 16.7 Å². The molecule has 0 spiro atoms. The number of aromatic amines is 1. The summed E-state index contributed by atoms with van der Waals surface area (Å²) in [5.41, 5.74) is 0.501. The number of aliphatic hydroxyl groups excluding tert-OH is 1. The SMILES string of the molecule is COC(C#COC[C@@H]1O[C@H](n2ccc(=O)[nH]c2=O)CC1O)(OC)C(c1ccccc1)(c1ccccc1)c1ccccc1. The molecule has 3 aromatic carbocycles. The molecular weight excluding hydrogens is 536 g/mol. The molecule has 1 fully saturated rings. The zero-order chi connectivity index (χ0) is 29.6. The fourth-order valence-corrected chi connectivity index (χ4v) is 5.64. The first-order valence-corrected chi connectivity index (χ1v) is 13.5. The lowest BCUT2D eigenvalue weighted by Gasteiger charge is -2.46. The van der Waals surface area contributed by atoms with Crippen LogP contribution in [0, 0.1) is 12.0 Å². The maximum Gasteiger partial charge on any atom is 0.330 e. The van der Waals surface area contributed by atoms with Gasteiger partial charge in [-0.3, -0.25) is 14.3 Å². The Kier molecular flexibility index (Phi) is 8.71. The van der Waals surface area contributed by atoms with Crippen molar-refractivity contribution in [2.75, 3.05) is 20.8 Å². The lowest BCUT2D eigenvalue weighted by atomic mass is 9.63. The Morgan fingerprint density at radius 1 is 0.881 bits per heavy atom. The van der Waals surface area contributed by atoms with Crippen molar-refractivity contribution in [2.24, 2.45) is 0 Å². The highest BCUT2D eigenvalue weighted by molar-refractivity contribution is 5.55. The Morgan fingerprint density at radius 3 is 1.88 bits per heavy atom. The van der Waals surface area contributed by atoms with E-state index in [1.807, 2.05) is 91.0 Å². The molecule has 9 heteroatoms. The Morgan fingerprint density at radius 2 is 1.40 bits per heavy atom. The van der Waals surface area contributed by atoms with Gasteiger partial charge in [0.1, 0.15) is 30.5 Å². The van der Waals surface area contributed by atoms with Crippen molar-refractivity contribution in [2.45, 2.75) is 36.1 Å². The molecular formula is C33H32N2O7. The topological polar surface area (TPSA) is 112 Å². The second-order valence-corrected chi connectivity index (χ2v) is 9.86. The smallest absolute Gasteiger partial charge is 0.330 e. The van der Waals surface area contributed by atoms with E-state index < -0.39 is 40.9 Å². The molecule has 2 heterocycles. The van der Waals surface area contributed by atoms with E-state index in [1.54, 1.807) is 0 Å². The normalized spacial score (nSPS) is 18.7. The van der Waals surface area contributed by atoms with E-state index in [9.17, 15) is 14.7 Å². The van der Waals surface area contributed by atoms with E-state index in [2.05, 4.69) is 17.0 Å². The molecule has 9 nitrogen and oxygen atoms in total. The number of hydrogen-bond acceptors (Lipinski definition) is 7. The number of H-pyrrole nitrogens is 1. The number of rotatable bonds is 9. The van der Waals surface area contributed by atoms with Gasteiger partial charge in [-0.1, -0.05) is 91.0 Å². The minimum absolute atomic E-state index is 0.0821. The Hall–Kier alpha value is -4.46. The van der Waals surface area contributed by atoms with Gasteiger partial charge in [0.15, 0.2) is 0 Å². The highest BCUT2D eigenvalue weighted by Gasteiger charge is 2.56. The van der Waals surface area contributed by atoms with Gasteiger partial charge in [0.25, 0.3) is 11.3 Å². The molecule has 1 aliphatic heterocycles. The number of methoxy groups -OCH3 is 2. The van der Waals surface area contributed by atoms with E-state index in [0.29, 0.717) is 0 Å². The van der Waals surface area contributed by atoms with Gasteiger partial charge in [-0.25, -0.2) is 4.79 Å². The molecule has 3 atom stereocenters. The fourth-order valence-electron chi connectivity index (χ4n) is 5.64. The molecule has 0 radical (unpaired) electrons. The summed E-state index contributed by atoms with van der Waals surface area (Å²) in [6.45, 7) is -0.0821. The minimum Gasteiger partial charge on any atom is -0.444 e. The summed E-state index contributed by atoms with van der Waals surface area (Å²) in [6, 6.07) is 30.9. The minimum atomic E-state index is -1.56. The van der Waals surface area contributed by atoms with Crippen LogP contribution < -0.4 is 11.2 Å². The Labute approximate surface area is 243 Å². The third-order valence-electron chi connectivity index (χ3n) is 7.59. The van der Waals surface area contributed by atoms with Gasteiger partial charge in [0, 0.05) is 38.8 Å². The quantitative estimate of drug-likeness (QED) is 0.181. The van der Waals surface area contributed by atoms with Crippen LogP contribution in [0.5, 0.6) is 0 Å². The van der Waals surface area contributed by atoms with E-state index in [4.69, 9.17) is 18.9 Å². The van der Waals surface area contributed by atoms with Gasteiger partial charge in [-0.2, -0.15) is 0 Å². The van der Waals surface area contributed by atoms with Crippen LogP contribution in [0.4, 0.5) is 0 Å². The molecule has 0 saturated carbocycles. The molecule has 0 bridgehead atoms. The van der Waals surface area contributed by atoms with Gasteiger partial charge >= 0.3 is 5.69 Å². The van der Waals surface area contributed by atoms with Crippen molar-refractivity contribution >= 4 is 0 Å². The number of nitrogens with zero attached hydrogens (tertiary/aromatic N) is 1. The number of hydrogen-bond donors (Lipinski definition) is 2. The second-order valence-electron chi connectivity index (χ2n) is 9.86.